The predicted molar refractivity (Wildman–Crippen MR) is 82.7 cm³/mol. The Morgan fingerprint density at radius 2 is 1.75 bits per heavy atom. The predicted octanol–water partition coefficient (Wildman–Crippen LogP) is 4.14. The molecule has 0 aliphatic heterocycles. The van der Waals surface area contributed by atoms with Crippen molar-refractivity contribution in [1.82, 2.24) is 10.2 Å². The van der Waals surface area contributed by atoms with Gasteiger partial charge in [-0.25, -0.2) is 0 Å². The highest BCUT2D eigenvalue weighted by molar-refractivity contribution is 5.90. The molecule has 0 aromatic carbocycles. The van der Waals surface area contributed by atoms with Crippen LogP contribution in [-0.4, -0.2) is 16.1 Å². The van der Waals surface area contributed by atoms with Crippen molar-refractivity contribution < 1.29 is 4.79 Å². The van der Waals surface area contributed by atoms with Crippen LogP contribution in [0.5, 0.6) is 0 Å². The van der Waals surface area contributed by atoms with E-state index in [0.29, 0.717) is 11.6 Å². The number of nitrogens with one attached hydrogen (secondary N) is 1. The molecule has 4 heteroatoms. The lowest BCUT2D eigenvalue weighted by atomic mass is 9.92. The van der Waals surface area contributed by atoms with Gasteiger partial charge in [-0.3, -0.25) is 9.89 Å². The summed E-state index contributed by atoms with van der Waals surface area (Å²) >= 11 is 0. The Labute approximate surface area is 122 Å². The van der Waals surface area contributed by atoms with Crippen LogP contribution in [0, 0.1) is 0 Å². The van der Waals surface area contributed by atoms with E-state index in [1.165, 1.54) is 57.8 Å². The summed E-state index contributed by atoms with van der Waals surface area (Å²) in [5.41, 5.74) is 6.70. The normalized spacial score (nSPS) is 12.5. The van der Waals surface area contributed by atoms with Gasteiger partial charge in [-0.15, -0.1) is 0 Å². The summed E-state index contributed by atoms with van der Waals surface area (Å²) in [7, 11) is 0. The van der Waals surface area contributed by atoms with Crippen LogP contribution in [0.3, 0.4) is 0 Å². The van der Waals surface area contributed by atoms with Crippen molar-refractivity contribution in [3.63, 3.8) is 0 Å². The van der Waals surface area contributed by atoms with Gasteiger partial charge in [0.05, 0.1) is 0 Å². The van der Waals surface area contributed by atoms with E-state index in [2.05, 4.69) is 24.0 Å². The van der Waals surface area contributed by atoms with E-state index in [1.54, 1.807) is 0 Å². The summed E-state index contributed by atoms with van der Waals surface area (Å²) in [5.74, 6) is 0.0322. The second-order valence-electron chi connectivity index (χ2n) is 5.61. The van der Waals surface area contributed by atoms with Crippen LogP contribution in [0.25, 0.3) is 0 Å². The Kier molecular flexibility index (Phi) is 8.00. The molecule has 0 fully saturated rings. The quantitative estimate of drug-likeness (QED) is 0.597. The Hall–Kier alpha value is -1.32. The first-order valence-corrected chi connectivity index (χ1v) is 8.04. The van der Waals surface area contributed by atoms with E-state index in [1.807, 2.05) is 6.07 Å². The lowest BCUT2D eigenvalue weighted by Gasteiger charge is -2.15. The van der Waals surface area contributed by atoms with Crippen LogP contribution < -0.4 is 5.73 Å². The van der Waals surface area contributed by atoms with E-state index in [-0.39, 0.29) is 0 Å². The number of carbonyl (C=O) groups is 1. The molecule has 1 aromatic heterocycles. The van der Waals surface area contributed by atoms with Crippen LogP contribution in [0.2, 0.25) is 0 Å². The van der Waals surface area contributed by atoms with Gasteiger partial charge in [-0.1, -0.05) is 58.8 Å². The smallest absolute Gasteiger partial charge is 0.269 e. The summed E-state index contributed by atoms with van der Waals surface area (Å²) in [4.78, 5) is 11.1. The minimum Gasteiger partial charge on any atom is -0.364 e. The van der Waals surface area contributed by atoms with Gasteiger partial charge in [0.2, 0.25) is 0 Å². The van der Waals surface area contributed by atoms with Crippen LogP contribution in [0.1, 0.15) is 93.7 Å². The highest BCUT2D eigenvalue weighted by Crippen LogP contribution is 2.27. The lowest BCUT2D eigenvalue weighted by molar-refractivity contribution is 0.0995. The molecule has 114 valence electrons. The van der Waals surface area contributed by atoms with Gasteiger partial charge < -0.3 is 5.73 Å². The third-order valence-corrected chi connectivity index (χ3v) is 3.85. The Morgan fingerprint density at radius 1 is 1.15 bits per heavy atom. The van der Waals surface area contributed by atoms with Gasteiger partial charge >= 0.3 is 0 Å². The zero-order valence-corrected chi connectivity index (χ0v) is 13.0. The number of hydrogen-bond acceptors (Lipinski definition) is 2. The number of rotatable bonds is 11. The zero-order chi connectivity index (χ0) is 14.8. The molecule has 1 amide bonds. The molecule has 0 saturated heterocycles. The molecule has 4 nitrogen and oxygen atoms in total. The van der Waals surface area contributed by atoms with E-state index >= 15 is 0 Å². The van der Waals surface area contributed by atoms with Gasteiger partial charge in [0.15, 0.2) is 0 Å². The second kappa shape index (κ2) is 9.56. The van der Waals surface area contributed by atoms with Gasteiger partial charge in [0.1, 0.15) is 5.69 Å². The molecule has 0 radical (unpaired) electrons. The molecule has 1 unspecified atom stereocenters. The fraction of sp³-hybridized carbons (Fsp3) is 0.750. The SMILES string of the molecule is CCCCCCC(CCCCC)c1cc(C(N)=O)n[nH]1. The Balaban J connectivity index is 2.56. The number of nitrogens with zero attached hydrogens (tertiary/aromatic N) is 1. The van der Waals surface area contributed by atoms with Crippen molar-refractivity contribution in [1.29, 1.82) is 0 Å². The maximum atomic E-state index is 11.1. The van der Waals surface area contributed by atoms with Crippen molar-refractivity contribution in [2.45, 2.75) is 77.6 Å². The molecule has 0 bridgehead atoms. The minimum atomic E-state index is -0.453. The van der Waals surface area contributed by atoms with Gasteiger partial charge in [0.25, 0.3) is 5.91 Å². The fourth-order valence-corrected chi connectivity index (χ4v) is 2.59. The van der Waals surface area contributed by atoms with Gasteiger partial charge in [0, 0.05) is 11.6 Å². The number of unbranched alkanes of at least 4 members (excludes halogenated alkanes) is 5. The van der Waals surface area contributed by atoms with E-state index in [0.717, 1.165) is 5.69 Å². The average molecular weight is 279 g/mol. The number of amides is 1. The van der Waals surface area contributed by atoms with Gasteiger partial charge in [-0.05, 0) is 18.9 Å². The largest absolute Gasteiger partial charge is 0.364 e. The molecule has 1 aromatic rings. The monoisotopic (exact) mass is 279 g/mol. The number of aromatic amines is 1. The first kappa shape index (κ1) is 16.7. The first-order chi connectivity index (χ1) is 9.69. The van der Waals surface area contributed by atoms with Crippen LogP contribution >= 0.6 is 0 Å². The van der Waals surface area contributed by atoms with Crippen molar-refractivity contribution >= 4 is 5.91 Å². The van der Waals surface area contributed by atoms with E-state index in [4.69, 9.17) is 5.73 Å². The highest BCUT2D eigenvalue weighted by Gasteiger charge is 2.15. The number of hydrogen-bond donors (Lipinski definition) is 2. The third-order valence-electron chi connectivity index (χ3n) is 3.85. The number of nitrogens with two attached hydrogens (primary N) is 1. The molecular weight excluding hydrogens is 250 g/mol. The number of carbonyl (C=O) groups excluding carboxylic acids is 1. The topological polar surface area (TPSA) is 71.8 Å². The van der Waals surface area contributed by atoms with Crippen molar-refractivity contribution in [2.75, 3.05) is 0 Å². The summed E-state index contributed by atoms with van der Waals surface area (Å²) in [6.45, 7) is 4.45. The molecular formula is C16H29N3O. The minimum absolute atomic E-state index is 0.356. The molecule has 1 atom stereocenters. The van der Waals surface area contributed by atoms with E-state index in [9.17, 15) is 4.79 Å². The molecule has 0 saturated carbocycles. The van der Waals surface area contributed by atoms with Crippen LogP contribution in [-0.2, 0) is 0 Å². The summed E-state index contributed by atoms with van der Waals surface area (Å²) in [5, 5.41) is 7.01. The van der Waals surface area contributed by atoms with Crippen molar-refractivity contribution in [3.05, 3.63) is 17.5 Å². The molecule has 1 heterocycles. The fourth-order valence-electron chi connectivity index (χ4n) is 2.59. The van der Waals surface area contributed by atoms with Crippen molar-refractivity contribution in [2.24, 2.45) is 5.73 Å². The standard InChI is InChI=1S/C16H29N3O/c1-3-5-7-9-11-13(10-8-6-4-2)14-12-15(16(17)20)19-18-14/h12-13H,3-11H2,1-2H3,(H2,17,20)(H,18,19). The molecule has 3 N–H and O–H groups in total. The Morgan fingerprint density at radius 3 is 2.30 bits per heavy atom. The second-order valence-corrected chi connectivity index (χ2v) is 5.61. The van der Waals surface area contributed by atoms with Crippen LogP contribution in [0.4, 0.5) is 0 Å². The van der Waals surface area contributed by atoms with Crippen molar-refractivity contribution in [3.8, 4) is 0 Å². The number of aromatic nitrogens is 2. The average Bonchev–Trinajstić information content (AvgIpc) is 2.91. The molecule has 20 heavy (non-hydrogen) atoms. The first-order valence-electron chi connectivity index (χ1n) is 8.04. The summed E-state index contributed by atoms with van der Waals surface area (Å²) in [6, 6.07) is 1.83. The maximum absolute atomic E-state index is 11.1. The Bertz CT molecular complexity index is 387. The lowest BCUT2D eigenvalue weighted by Crippen LogP contribution is -2.11. The molecule has 0 aliphatic rings. The maximum Gasteiger partial charge on any atom is 0.269 e. The van der Waals surface area contributed by atoms with E-state index < -0.39 is 5.91 Å². The third kappa shape index (κ3) is 5.76. The summed E-state index contributed by atoms with van der Waals surface area (Å²) < 4.78 is 0. The molecule has 0 aliphatic carbocycles. The zero-order valence-electron chi connectivity index (χ0n) is 13.0. The molecule has 0 spiro atoms. The number of H-pyrrole nitrogens is 1. The van der Waals surface area contributed by atoms with Crippen LogP contribution in [0.15, 0.2) is 6.07 Å². The number of primary amides is 1. The highest BCUT2D eigenvalue weighted by atomic mass is 16.1. The summed E-state index contributed by atoms with van der Waals surface area (Å²) in [6.07, 6.45) is 11.2. The molecule has 1 rings (SSSR count). The van der Waals surface area contributed by atoms with Gasteiger partial charge in [-0.2, -0.15) is 5.10 Å².